The predicted octanol–water partition coefficient (Wildman–Crippen LogP) is 2.37. The lowest BCUT2D eigenvalue weighted by atomic mass is 10.1. The summed E-state index contributed by atoms with van der Waals surface area (Å²) in [5.41, 5.74) is 1.67. The number of hydrogen-bond donors (Lipinski definition) is 2. The number of aromatic amines is 1. The van der Waals surface area contributed by atoms with Crippen LogP contribution in [0.25, 0.3) is 22.4 Å². The number of fused-ring (bicyclic) bond motifs is 1. The van der Waals surface area contributed by atoms with Crippen LogP contribution in [0.4, 0.5) is 5.69 Å². The number of likely N-dealkylation sites (tertiary alicyclic amines) is 1. The Kier molecular flexibility index (Phi) is 5.35. The van der Waals surface area contributed by atoms with Crippen LogP contribution in [0.15, 0.2) is 35.3 Å². The lowest BCUT2D eigenvalue weighted by Crippen LogP contribution is -2.19. The van der Waals surface area contributed by atoms with E-state index in [-0.39, 0.29) is 5.56 Å². The Morgan fingerprint density at radius 3 is 2.90 bits per heavy atom. The molecule has 0 saturated carbocycles. The number of nitrogens with zero attached hydrogens (tertiary/aromatic N) is 3. The Balaban J connectivity index is 1.72. The first kappa shape index (κ1) is 19.2. The average molecular weight is 395 g/mol. The minimum Gasteiger partial charge on any atom is -0.497 e. The summed E-state index contributed by atoms with van der Waals surface area (Å²) in [5.74, 6) is 1.99. The summed E-state index contributed by atoms with van der Waals surface area (Å²) >= 11 is 0. The van der Waals surface area contributed by atoms with Crippen LogP contribution in [0, 0.1) is 5.92 Å². The lowest BCUT2D eigenvalue weighted by molar-refractivity contribution is 0.397. The Morgan fingerprint density at radius 2 is 2.17 bits per heavy atom. The van der Waals surface area contributed by atoms with E-state index >= 15 is 0 Å². The molecule has 1 aliphatic rings. The second-order valence-electron chi connectivity index (χ2n) is 7.34. The number of nitrogens with one attached hydrogen (secondary N) is 2. The maximum atomic E-state index is 12.8. The zero-order valence-electron chi connectivity index (χ0n) is 16.9. The normalized spacial score (nSPS) is 16.9. The van der Waals surface area contributed by atoms with E-state index in [2.05, 4.69) is 32.2 Å². The molecular weight excluding hydrogens is 370 g/mol. The van der Waals surface area contributed by atoms with Crippen LogP contribution in [0.3, 0.4) is 0 Å². The molecule has 1 saturated heterocycles. The number of methoxy groups -OCH3 is 2. The van der Waals surface area contributed by atoms with Crippen molar-refractivity contribution in [2.24, 2.45) is 5.92 Å². The van der Waals surface area contributed by atoms with Crippen molar-refractivity contribution in [1.29, 1.82) is 0 Å². The second kappa shape index (κ2) is 8.08. The fourth-order valence-corrected chi connectivity index (χ4v) is 3.79. The number of benzene rings is 1. The molecular formula is C21H25N5O3. The summed E-state index contributed by atoms with van der Waals surface area (Å²) in [5, 5.41) is 3.87. The van der Waals surface area contributed by atoms with Gasteiger partial charge in [-0.25, -0.2) is 4.98 Å². The highest BCUT2D eigenvalue weighted by Gasteiger charge is 2.20. The molecule has 2 N–H and O–H groups in total. The molecule has 3 aromatic rings. The van der Waals surface area contributed by atoms with Gasteiger partial charge in [-0.05, 0) is 38.1 Å². The molecule has 2 aromatic heterocycles. The van der Waals surface area contributed by atoms with Crippen molar-refractivity contribution in [3.8, 4) is 23.0 Å². The van der Waals surface area contributed by atoms with E-state index in [1.54, 1.807) is 25.4 Å². The molecule has 0 amide bonds. The monoisotopic (exact) mass is 395 g/mol. The average Bonchev–Trinajstić information content (AvgIpc) is 3.16. The van der Waals surface area contributed by atoms with Gasteiger partial charge in [0, 0.05) is 31.4 Å². The summed E-state index contributed by atoms with van der Waals surface area (Å²) in [7, 11) is 5.22. The van der Waals surface area contributed by atoms with Gasteiger partial charge >= 0.3 is 0 Å². The maximum Gasteiger partial charge on any atom is 0.262 e. The van der Waals surface area contributed by atoms with Crippen molar-refractivity contribution in [1.82, 2.24) is 19.9 Å². The van der Waals surface area contributed by atoms with Gasteiger partial charge in [0.25, 0.3) is 5.56 Å². The number of anilines is 1. The minimum absolute atomic E-state index is 0.279. The third-order valence-corrected chi connectivity index (χ3v) is 5.30. The Labute approximate surface area is 168 Å². The van der Waals surface area contributed by atoms with Crippen molar-refractivity contribution in [2.75, 3.05) is 46.2 Å². The molecule has 0 spiro atoms. The van der Waals surface area contributed by atoms with Crippen molar-refractivity contribution < 1.29 is 9.47 Å². The largest absolute Gasteiger partial charge is 0.497 e. The third-order valence-electron chi connectivity index (χ3n) is 5.30. The number of pyridine rings is 1. The van der Waals surface area contributed by atoms with Crippen LogP contribution in [0.1, 0.15) is 6.42 Å². The summed E-state index contributed by atoms with van der Waals surface area (Å²) in [6, 6.07) is 7.22. The van der Waals surface area contributed by atoms with E-state index in [0.717, 1.165) is 25.3 Å². The van der Waals surface area contributed by atoms with Gasteiger partial charge < -0.3 is 24.7 Å². The molecule has 0 aliphatic carbocycles. The smallest absolute Gasteiger partial charge is 0.262 e. The fourth-order valence-electron chi connectivity index (χ4n) is 3.79. The molecule has 0 bridgehead atoms. The summed E-state index contributed by atoms with van der Waals surface area (Å²) in [6.45, 7) is 3.05. The van der Waals surface area contributed by atoms with Crippen molar-refractivity contribution in [3.05, 3.63) is 40.8 Å². The van der Waals surface area contributed by atoms with Crippen LogP contribution in [0.2, 0.25) is 0 Å². The number of rotatable bonds is 6. The second-order valence-corrected chi connectivity index (χ2v) is 7.34. The molecule has 29 heavy (non-hydrogen) atoms. The van der Waals surface area contributed by atoms with Crippen LogP contribution < -0.4 is 20.3 Å². The van der Waals surface area contributed by atoms with Crippen LogP contribution >= 0.6 is 0 Å². The third kappa shape index (κ3) is 3.88. The molecule has 1 aromatic carbocycles. The number of hydrogen-bond acceptors (Lipinski definition) is 7. The lowest BCUT2D eigenvalue weighted by Gasteiger charge is -2.15. The molecule has 3 heterocycles. The van der Waals surface area contributed by atoms with Crippen LogP contribution in [-0.4, -0.2) is 60.8 Å². The molecule has 8 heteroatoms. The Hall–Kier alpha value is -3.13. The van der Waals surface area contributed by atoms with E-state index < -0.39 is 0 Å². The maximum absolute atomic E-state index is 12.8. The number of aromatic nitrogens is 3. The van der Waals surface area contributed by atoms with Gasteiger partial charge in [0.15, 0.2) is 5.82 Å². The van der Waals surface area contributed by atoms with Crippen molar-refractivity contribution in [2.45, 2.75) is 6.42 Å². The molecule has 1 fully saturated rings. The van der Waals surface area contributed by atoms with Crippen LogP contribution in [0.5, 0.6) is 11.5 Å². The predicted molar refractivity (Wildman–Crippen MR) is 113 cm³/mol. The molecule has 1 unspecified atom stereocenters. The van der Waals surface area contributed by atoms with Gasteiger partial charge in [-0.1, -0.05) is 0 Å². The van der Waals surface area contributed by atoms with Gasteiger partial charge in [0.1, 0.15) is 22.6 Å². The SMILES string of the molecule is COc1cc(OC)c2c(=O)[nH]c(-c3ncccc3NCC3CCN(C)C3)nc2c1. The van der Waals surface area contributed by atoms with Crippen LogP contribution in [-0.2, 0) is 0 Å². The zero-order valence-corrected chi connectivity index (χ0v) is 16.9. The first-order chi connectivity index (χ1) is 14.1. The van der Waals surface area contributed by atoms with E-state index in [0.29, 0.717) is 39.8 Å². The van der Waals surface area contributed by atoms with Crippen molar-refractivity contribution >= 4 is 16.6 Å². The molecule has 0 radical (unpaired) electrons. The van der Waals surface area contributed by atoms with E-state index in [1.807, 2.05) is 12.1 Å². The quantitative estimate of drug-likeness (QED) is 0.662. The van der Waals surface area contributed by atoms with Gasteiger partial charge in [0.2, 0.25) is 0 Å². The molecule has 4 rings (SSSR count). The Morgan fingerprint density at radius 1 is 1.31 bits per heavy atom. The van der Waals surface area contributed by atoms with Gasteiger partial charge in [-0.2, -0.15) is 0 Å². The Bertz CT molecular complexity index is 1080. The molecule has 1 aliphatic heterocycles. The summed E-state index contributed by atoms with van der Waals surface area (Å²) in [4.78, 5) is 27.1. The highest BCUT2D eigenvalue weighted by Crippen LogP contribution is 2.30. The molecule has 1 atom stereocenters. The van der Waals surface area contributed by atoms with Gasteiger partial charge in [-0.3, -0.25) is 9.78 Å². The fraction of sp³-hybridized carbons (Fsp3) is 0.381. The first-order valence-electron chi connectivity index (χ1n) is 9.63. The standard InChI is InChI=1S/C21H25N5O3/c1-26-8-6-13(12-26)11-23-15-5-4-7-22-19(15)20-24-16-9-14(28-2)10-17(29-3)18(16)21(27)25-20/h4-5,7,9-10,13,23H,6,8,11-12H2,1-3H3,(H,24,25,27). The number of H-pyrrole nitrogens is 1. The van der Waals surface area contributed by atoms with Gasteiger partial charge in [-0.15, -0.1) is 0 Å². The molecule has 8 nitrogen and oxygen atoms in total. The topological polar surface area (TPSA) is 92.4 Å². The minimum atomic E-state index is -0.279. The van der Waals surface area contributed by atoms with Crippen molar-refractivity contribution in [3.63, 3.8) is 0 Å². The summed E-state index contributed by atoms with van der Waals surface area (Å²) in [6.07, 6.45) is 2.87. The number of ether oxygens (including phenoxy) is 2. The van der Waals surface area contributed by atoms with E-state index in [4.69, 9.17) is 9.47 Å². The zero-order chi connectivity index (χ0) is 20.4. The molecule has 152 valence electrons. The summed E-state index contributed by atoms with van der Waals surface area (Å²) < 4.78 is 10.7. The highest BCUT2D eigenvalue weighted by molar-refractivity contribution is 5.87. The van der Waals surface area contributed by atoms with E-state index in [1.165, 1.54) is 13.5 Å². The first-order valence-corrected chi connectivity index (χ1v) is 9.63. The highest BCUT2D eigenvalue weighted by atomic mass is 16.5. The van der Waals surface area contributed by atoms with Gasteiger partial charge in [0.05, 0.1) is 25.4 Å². The van der Waals surface area contributed by atoms with E-state index in [9.17, 15) is 4.79 Å².